The molecule has 1 aliphatic heterocycles. The fraction of sp³-hybridized carbons (Fsp3) is 0.790. The molecule has 0 radical (unpaired) electrons. The van der Waals surface area contributed by atoms with E-state index >= 15 is 9.59 Å². The van der Waals surface area contributed by atoms with Crippen LogP contribution in [0.4, 0.5) is 0 Å². The molecule has 1 aliphatic rings. The van der Waals surface area contributed by atoms with Crippen LogP contribution in [-0.2, 0) is 52.7 Å². The second-order valence-electron chi connectivity index (χ2n) is 26.1. The number of rotatable bonds is 16. The molecule has 0 saturated carbocycles. The summed E-state index contributed by atoms with van der Waals surface area (Å²) in [7, 11) is 8.48. The number of aliphatic hydroxyl groups is 1. The third kappa shape index (κ3) is 22.6. The van der Waals surface area contributed by atoms with Gasteiger partial charge in [0.05, 0.1) is 12.6 Å². The summed E-state index contributed by atoms with van der Waals surface area (Å²) in [5.41, 5.74) is 0. The first-order valence-electron chi connectivity index (χ1n) is 30.7. The van der Waals surface area contributed by atoms with Crippen molar-refractivity contribution in [3.05, 3.63) is 12.2 Å². The van der Waals surface area contributed by atoms with Crippen LogP contribution in [0.15, 0.2) is 12.2 Å². The maximum atomic E-state index is 15.1. The summed E-state index contributed by atoms with van der Waals surface area (Å²) in [5, 5.41) is 25.9. The molecule has 23 heteroatoms. The molecule has 0 aliphatic carbocycles. The van der Waals surface area contributed by atoms with E-state index in [2.05, 4.69) is 26.6 Å². The summed E-state index contributed by atoms with van der Waals surface area (Å²) in [6.45, 7) is 29.4. The number of aliphatic hydroxyl groups excluding tert-OH is 1. The lowest BCUT2D eigenvalue weighted by atomic mass is 9.91. The maximum Gasteiger partial charge on any atom is 0.246 e. The molecule has 11 amide bonds. The Bertz CT molecular complexity index is 2310. The molecule has 1 saturated heterocycles. The number of nitrogens with zero attached hydrogens (tertiary/aromatic N) is 6. The Balaban J connectivity index is 4.31. The standard InChI is InChI=1S/C62H111N11O12/c1-24-26-28-40(15)52(75)51-57(80)65-43(27-25-2)58(81)68(18)33-48(74)69(19)45(30-35(5)6)56(79)67-49(38(11)12)61(84)70(20)46(31-36(7)8)55(78)64-41(16)53(76)63-42(17)54(77)66-44(29-34(3)4)59(82)71(21)47(32-37(9)10)60(83)72(22)50(39(13)14)62(85)73(51)23/h24,26,34-47,49-52,75H,25,27-33H2,1-23H3,(H,63,76)(H,64,78)(H,65,80)(H,66,77)(H,67,79). The van der Waals surface area contributed by atoms with Crippen LogP contribution in [0, 0.1) is 41.4 Å². The van der Waals surface area contributed by atoms with Gasteiger partial charge in [0.1, 0.15) is 60.4 Å². The van der Waals surface area contributed by atoms with E-state index < -0.39 is 156 Å². The van der Waals surface area contributed by atoms with E-state index in [-0.39, 0.29) is 55.8 Å². The average molecular weight is 1200 g/mol. The zero-order valence-electron chi connectivity index (χ0n) is 55.8. The third-order valence-electron chi connectivity index (χ3n) is 15.8. The molecule has 486 valence electrons. The van der Waals surface area contributed by atoms with Gasteiger partial charge in [0, 0.05) is 42.3 Å². The summed E-state index contributed by atoms with van der Waals surface area (Å²) in [6, 6.07) is -12.4. The second kappa shape index (κ2) is 35.5. The molecule has 0 spiro atoms. The van der Waals surface area contributed by atoms with Gasteiger partial charge in [-0.3, -0.25) is 52.7 Å². The van der Waals surface area contributed by atoms with Crippen LogP contribution >= 0.6 is 0 Å². The van der Waals surface area contributed by atoms with Gasteiger partial charge in [0.2, 0.25) is 65.0 Å². The van der Waals surface area contributed by atoms with Crippen LogP contribution in [0.25, 0.3) is 0 Å². The van der Waals surface area contributed by atoms with Crippen LogP contribution in [0.5, 0.6) is 0 Å². The van der Waals surface area contributed by atoms with Crippen molar-refractivity contribution in [2.75, 3.05) is 48.8 Å². The Morgan fingerprint density at radius 2 is 0.906 bits per heavy atom. The maximum absolute atomic E-state index is 15.1. The number of carbonyl (C=O) groups is 11. The Morgan fingerprint density at radius 1 is 0.471 bits per heavy atom. The van der Waals surface area contributed by atoms with Gasteiger partial charge in [-0.1, -0.05) is 116 Å². The molecule has 1 heterocycles. The zero-order chi connectivity index (χ0) is 65.8. The van der Waals surface area contributed by atoms with E-state index in [0.29, 0.717) is 12.8 Å². The SMILES string of the molecule is CC=CCC(C)C(O)C1C(=O)NC(CCC)C(=O)N(C)CC(=O)N(C)C(CC(C)C)C(=O)NC(C(C)C)C(=O)N(C)C(CC(C)C)C(=O)NC(C)C(=O)NC(C)C(=O)NC(CC(C)C)C(=O)N(C)C(CC(C)C)C(=O)N(C)C(C(C)C)C(=O)N1C. The van der Waals surface area contributed by atoms with Crippen molar-refractivity contribution in [1.82, 2.24) is 56.0 Å². The van der Waals surface area contributed by atoms with E-state index in [9.17, 15) is 48.3 Å². The molecular formula is C62H111N11O12. The summed E-state index contributed by atoms with van der Waals surface area (Å²) in [5.74, 6) is -9.82. The van der Waals surface area contributed by atoms with Gasteiger partial charge < -0.3 is 61.1 Å². The summed E-state index contributed by atoms with van der Waals surface area (Å²) < 4.78 is 0. The number of likely N-dealkylation sites (N-methyl/N-ethyl adjacent to an activating group) is 6. The number of allylic oxidation sites excluding steroid dienone is 2. The largest absolute Gasteiger partial charge is 0.390 e. The van der Waals surface area contributed by atoms with E-state index in [4.69, 9.17) is 0 Å². The Hall–Kier alpha value is -6.13. The van der Waals surface area contributed by atoms with Crippen LogP contribution < -0.4 is 26.6 Å². The Labute approximate surface area is 508 Å². The second-order valence-corrected chi connectivity index (χ2v) is 26.1. The highest BCUT2D eigenvalue weighted by Gasteiger charge is 2.45. The molecule has 6 N–H and O–H groups in total. The molecule has 23 nitrogen and oxygen atoms in total. The normalized spacial score (nSPS) is 26.8. The van der Waals surface area contributed by atoms with Crippen molar-refractivity contribution in [1.29, 1.82) is 0 Å². The minimum atomic E-state index is -1.61. The van der Waals surface area contributed by atoms with Crippen LogP contribution in [0.3, 0.4) is 0 Å². The molecule has 85 heavy (non-hydrogen) atoms. The fourth-order valence-corrected chi connectivity index (χ4v) is 10.6. The van der Waals surface area contributed by atoms with Gasteiger partial charge in [-0.05, 0) is 101 Å². The zero-order valence-corrected chi connectivity index (χ0v) is 55.8. The van der Waals surface area contributed by atoms with Gasteiger partial charge in [0.15, 0.2) is 0 Å². The number of hydrogen-bond acceptors (Lipinski definition) is 12. The number of nitrogens with one attached hydrogen (secondary N) is 5. The number of carbonyl (C=O) groups excluding carboxylic acids is 11. The monoisotopic (exact) mass is 1200 g/mol. The minimum Gasteiger partial charge on any atom is -0.390 e. The Morgan fingerprint density at radius 3 is 1.38 bits per heavy atom. The van der Waals surface area contributed by atoms with Crippen LogP contribution in [0.1, 0.15) is 163 Å². The first kappa shape index (κ1) is 76.9. The van der Waals surface area contributed by atoms with Gasteiger partial charge >= 0.3 is 0 Å². The van der Waals surface area contributed by atoms with Gasteiger partial charge in [-0.15, -0.1) is 0 Å². The predicted octanol–water partition coefficient (Wildman–Crippen LogP) is 3.32. The lowest BCUT2D eigenvalue weighted by Gasteiger charge is -2.41. The van der Waals surface area contributed by atoms with Crippen LogP contribution in [-0.4, -0.2) is 215 Å². The van der Waals surface area contributed by atoms with Crippen molar-refractivity contribution in [3.63, 3.8) is 0 Å². The molecule has 0 aromatic carbocycles. The van der Waals surface area contributed by atoms with Gasteiger partial charge in [-0.25, -0.2) is 0 Å². The minimum absolute atomic E-state index is 0.0920. The summed E-state index contributed by atoms with van der Waals surface area (Å²) >= 11 is 0. The van der Waals surface area contributed by atoms with Crippen molar-refractivity contribution >= 4 is 65.0 Å². The first-order chi connectivity index (χ1) is 39.3. The fourth-order valence-electron chi connectivity index (χ4n) is 10.6. The van der Waals surface area contributed by atoms with E-state index in [1.165, 1.54) is 75.7 Å². The highest BCUT2D eigenvalue weighted by Crippen LogP contribution is 2.25. The molecule has 1 rings (SSSR count). The molecular weight excluding hydrogens is 1090 g/mol. The molecule has 0 aromatic rings. The quantitative estimate of drug-likeness (QED) is 0.121. The smallest absolute Gasteiger partial charge is 0.246 e. The molecule has 0 bridgehead atoms. The van der Waals surface area contributed by atoms with E-state index in [1.807, 2.05) is 61.5 Å². The van der Waals surface area contributed by atoms with Gasteiger partial charge in [-0.2, -0.15) is 0 Å². The molecule has 0 aromatic heterocycles. The summed E-state index contributed by atoms with van der Waals surface area (Å²) in [4.78, 5) is 167. The van der Waals surface area contributed by atoms with Crippen LogP contribution in [0.2, 0.25) is 0 Å². The summed E-state index contributed by atoms with van der Waals surface area (Å²) in [6.07, 6.45) is 3.48. The Kier molecular flexibility index (Phi) is 32.1. The average Bonchev–Trinajstić information content (AvgIpc) is 3.12. The van der Waals surface area contributed by atoms with E-state index in [1.54, 1.807) is 54.5 Å². The molecule has 12 unspecified atom stereocenters. The van der Waals surface area contributed by atoms with Gasteiger partial charge in [0.25, 0.3) is 0 Å². The topological polar surface area (TPSA) is 288 Å². The van der Waals surface area contributed by atoms with Crippen molar-refractivity contribution in [2.45, 2.75) is 229 Å². The lowest BCUT2D eigenvalue weighted by molar-refractivity contribution is -0.156. The molecule has 12 atom stereocenters. The lowest BCUT2D eigenvalue weighted by Crippen LogP contribution is -2.63. The highest BCUT2D eigenvalue weighted by atomic mass is 16.3. The number of amides is 11. The predicted molar refractivity (Wildman–Crippen MR) is 328 cm³/mol. The first-order valence-corrected chi connectivity index (χ1v) is 30.7. The number of hydrogen-bond donors (Lipinski definition) is 6. The van der Waals surface area contributed by atoms with Crippen molar-refractivity contribution in [3.8, 4) is 0 Å². The highest BCUT2D eigenvalue weighted by molar-refractivity contribution is 5.99. The van der Waals surface area contributed by atoms with Crippen molar-refractivity contribution < 1.29 is 57.8 Å². The van der Waals surface area contributed by atoms with Crippen molar-refractivity contribution in [2.24, 2.45) is 41.4 Å². The molecule has 1 fully saturated rings. The third-order valence-corrected chi connectivity index (χ3v) is 15.8. The van der Waals surface area contributed by atoms with E-state index in [0.717, 1.165) is 9.80 Å².